The molecule has 0 bridgehead atoms. The van der Waals surface area contributed by atoms with E-state index in [1.54, 1.807) is 11.4 Å². The number of aromatic nitrogens is 1. The number of hydrogen-bond acceptors (Lipinski definition) is 7. The maximum absolute atomic E-state index is 12.1. The lowest BCUT2D eigenvalue weighted by atomic mass is 10.2. The number of esters is 1. The van der Waals surface area contributed by atoms with Gasteiger partial charge in [0.1, 0.15) is 18.2 Å². The smallest absolute Gasteiger partial charge is 0.325 e. The van der Waals surface area contributed by atoms with Gasteiger partial charge in [-0.25, -0.2) is 4.98 Å². The highest BCUT2D eigenvalue weighted by Crippen LogP contribution is 2.14. The number of nitrogens with one attached hydrogen (secondary N) is 2. The summed E-state index contributed by atoms with van der Waals surface area (Å²) in [5.41, 5.74) is 2.38. The fourth-order valence-corrected chi connectivity index (χ4v) is 3.11. The summed E-state index contributed by atoms with van der Waals surface area (Å²) < 4.78 is 10.0. The number of hydrogen-bond donors (Lipinski definition) is 2. The van der Waals surface area contributed by atoms with Crippen LogP contribution in [-0.4, -0.2) is 29.3 Å². The Balaban J connectivity index is 1.40. The lowest BCUT2D eigenvalue weighted by Crippen LogP contribution is -2.30. The van der Waals surface area contributed by atoms with Crippen LogP contribution in [-0.2, 0) is 27.4 Å². The molecule has 3 aromatic rings. The van der Waals surface area contributed by atoms with Crippen LogP contribution in [0.5, 0.6) is 0 Å². The van der Waals surface area contributed by atoms with Gasteiger partial charge in [-0.3, -0.25) is 14.4 Å². The zero-order valence-corrected chi connectivity index (χ0v) is 16.5. The summed E-state index contributed by atoms with van der Waals surface area (Å²) in [4.78, 5) is 39.8. The molecule has 0 aliphatic rings. The highest BCUT2D eigenvalue weighted by Gasteiger charge is 2.13. The molecule has 0 radical (unpaired) electrons. The van der Waals surface area contributed by atoms with E-state index < -0.39 is 11.9 Å². The van der Waals surface area contributed by atoms with Crippen LogP contribution in [0.2, 0.25) is 0 Å². The van der Waals surface area contributed by atoms with E-state index in [1.807, 2.05) is 31.2 Å². The molecule has 0 aliphatic carbocycles. The zero-order chi connectivity index (χ0) is 20.6. The molecule has 9 heteroatoms. The lowest BCUT2D eigenvalue weighted by Gasteiger charge is -2.04. The first kappa shape index (κ1) is 20.3. The minimum absolute atomic E-state index is 0.0362. The fourth-order valence-electron chi connectivity index (χ4n) is 2.33. The number of carbonyl (C=O) groups excluding carboxylic acids is 3. The first-order valence-electron chi connectivity index (χ1n) is 8.77. The van der Waals surface area contributed by atoms with Crippen LogP contribution in [0.25, 0.3) is 0 Å². The van der Waals surface area contributed by atoms with Crippen molar-refractivity contribution >= 4 is 34.8 Å². The summed E-state index contributed by atoms with van der Waals surface area (Å²) in [6, 6.07) is 10.6. The van der Waals surface area contributed by atoms with Crippen molar-refractivity contribution < 1.29 is 23.5 Å². The van der Waals surface area contributed by atoms with Crippen LogP contribution in [0.1, 0.15) is 26.8 Å². The van der Waals surface area contributed by atoms with Gasteiger partial charge in [-0.15, -0.1) is 11.3 Å². The Labute approximate surface area is 170 Å². The minimum atomic E-state index is -0.600. The Kier molecular flexibility index (Phi) is 6.75. The quantitative estimate of drug-likeness (QED) is 0.550. The molecule has 3 rings (SSSR count). The predicted molar refractivity (Wildman–Crippen MR) is 106 cm³/mol. The van der Waals surface area contributed by atoms with Gasteiger partial charge in [0.15, 0.2) is 5.76 Å². The van der Waals surface area contributed by atoms with Crippen molar-refractivity contribution in [3.63, 3.8) is 0 Å². The third kappa shape index (κ3) is 6.28. The van der Waals surface area contributed by atoms with E-state index in [0.29, 0.717) is 10.7 Å². The number of furan rings is 1. The number of aryl methyl sites for hydroxylation is 1. The molecule has 29 heavy (non-hydrogen) atoms. The Hall–Kier alpha value is -3.46. The summed E-state index contributed by atoms with van der Waals surface area (Å²) in [7, 11) is 0. The summed E-state index contributed by atoms with van der Waals surface area (Å²) in [5.74, 6) is -1.16. The van der Waals surface area contributed by atoms with Gasteiger partial charge in [0.2, 0.25) is 5.91 Å². The molecule has 0 saturated heterocycles. The van der Waals surface area contributed by atoms with Gasteiger partial charge < -0.3 is 19.8 Å². The van der Waals surface area contributed by atoms with Crippen LogP contribution in [0.4, 0.5) is 5.69 Å². The molecule has 0 spiro atoms. The minimum Gasteiger partial charge on any atom is -0.459 e. The summed E-state index contributed by atoms with van der Waals surface area (Å²) in [6.07, 6.45) is 1.50. The van der Waals surface area contributed by atoms with Crippen molar-refractivity contribution in [3.8, 4) is 0 Å². The van der Waals surface area contributed by atoms with Crippen molar-refractivity contribution in [2.45, 2.75) is 20.0 Å². The molecule has 2 heterocycles. The maximum atomic E-state index is 12.1. The normalized spacial score (nSPS) is 10.4. The third-order valence-corrected chi connectivity index (χ3v) is 4.66. The summed E-state index contributed by atoms with van der Waals surface area (Å²) in [6.45, 7) is 1.66. The highest BCUT2D eigenvalue weighted by molar-refractivity contribution is 7.09. The molecule has 0 unspecified atom stereocenters. The number of amides is 2. The second-order valence-corrected chi connectivity index (χ2v) is 7.09. The van der Waals surface area contributed by atoms with E-state index in [1.165, 1.54) is 23.7 Å². The molecule has 2 aromatic heterocycles. The SMILES string of the molecule is Cc1ccc(NC(=O)Cc2nc(COC(=O)CNC(=O)c3ccco3)cs2)cc1. The topological polar surface area (TPSA) is 111 Å². The molecule has 0 atom stereocenters. The molecule has 2 amide bonds. The van der Waals surface area contributed by atoms with E-state index in [-0.39, 0.29) is 31.2 Å². The van der Waals surface area contributed by atoms with Gasteiger partial charge in [-0.2, -0.15) is 0 Å². The molecule has 0 fully saturated rings. The number of carbonyl (C=O) groups is 3. The molecule has 0 aliphatic heterocycles. The number of nitrogens with zero attached hydrogens (tertiary/aromatic N) is 1. The zero-order valence-electron chi connectivity index (χ0n) is 15.6. The summed E-state index contributed by atoms with van der Waals surface area (Å²) >= 11 is 1.31. The molecule has 1 aromatic carbocycles. The van der Waals surface area contributed by atoms with Crippen molar-refractivity contribution in [3.05, 3.63) is 70.1 Å². The number of ether oxygens (including phenoxy) is 1. The third-order valence-electron chi connectivity index (χ3n) is 3.77. The highest BCUT2D eigenvalue weighted by atomic mass is 32.1. The Morgan fingerprint density at radius 2 is 1.97 bits per heavy atom. The molecular weight excluding hydrogens is 394 g/mol. The second-order valence-electron chi connectivity index (χ2n) is 6.14. The first-order valence-corrected chi connectivity index (χ1v) is 9.64. The Morgan fingerprint density at radius 1 is 1.17 bits per heavy atom. The largest absolute Gasteiger partial charge is 0.459 e. The lowest BCUT2D eigenvalue weighted by molar-refractivity contribution is -0.143. The van der Waals surface area contributed by atoms with Crippen LogP contribution >= 0.6 is 11.3 Å². The number of benzene rings is 1. The van der Waals surface area contributed by atoms with Gasteiger partial charge in [0.05, 0.1) is 18.4 Å². The molecule has 8 nitrogen and oxygen atoms in total. The van der Waals surface area contributed by atoms with E-state index >= 15 is 0 Å². The average molecular weight is 413 g/mol. The number of rotatable bonds is 8. The van der Waals surface area contributed by atoms with Gasteiger partial charge in [0.25, 0.3) is 5.91 Å². The number of thiazole rings is 1. The fraction of sp³-hybridized carbons (Fsp3) is 0.200. The van der Waals surface area contributed by atoms with Gasteiger partial charge in [0, 0.05) is 11.1 Å². The van der Waals surface area contributed by atoms with E-state index in [2.05, 4.69) is 15.6 Å². The molecular formula is C20H19N3O5S. The van der Waals surface area contributed by atoms with Crippen molar-refractivity contribution in [2.75, 3.05) is 11.9 Å². The van der Waals surface area contributed by atoms with Crippen LogP contribution in [0, 0.1) is 6.92 Å². The second kappa shape index (κ2) is 9.65. The predicted octanol–water partition coefficient (Wildman–Crippen LogP) is 2.70. The standard InChI is InChI=1S/C20H19N3O5S/c1-13-4-6-14(7-5-13)22-17(24)9-18-23-15(12-29-18)11-28-19(25)10-21-20(26)16-3-2-8-27-16/h2-8,12H,9-11H2,1H3,(H,21,26)(H,22,24). The van der Waals surface area contributed by atoms with E-state index in [4.69, 9.17) is 9.15 Å². The average Bonchev–Trinajstić information content (AvgIpc) is 3.38. The van der Waals surface area contributed by atoms with Crippen molar-refractivity contribution in [1.82, 2.24) is 10.3 Å². The molecule has 150 valence electrons. The van der Waals surface area contributed by atoms with Crippen LogP contribution in [0.15, 0.2) is 52.5 Å². The van der Waals surface area contributed by atoms with Crippen LogP contribution in [0.3, 0.4) is 0 Å². The van der Waals surface area contributed by atoms with E-state index in [9.17, 15) is 14.4 Å². The van der Waals surface area contributed by atoms with Crippen LogP contribution < -0.4 is 10.6 Å². The Morgan fingerprint density at radius 3 is 2.69 bits per heavy atom. The first-order chi connectivity index (χ1) is 14.0. The van der Waals surface area contributed by atoms with Gasteiger partial charge in [-0.1, -0.05) is 17.7 Å². The monoisotopic (exact) mass is 413 g/mol. The Bertz CT molecular complexity index is 980. The maximum Gasteiger partial charge on any atom is 0.325 e. The van der Waals surface area contributed by atoms with Crippen molar-refractivity contribution in [1.29, 1.82) is 0 Å². The number of anilines is 1. The molecule has 2 N–H and O–H groups in total. The van der Waals surface area contributed by atoms with Gasteiger partial charge in [-0.05, 0) is 31.2 Å². The molecule has 0 saturated carbocycles. The summed E-state index contributed by atoms with van der Waals surface area (Å²) in [5, 5.41) is 7.55. The van der Waals surface area contributed by atoms with Gasteiger partial charge >= 0.3 is 5.97 Å². The van der Waals surface area contributed by atoms with Crippen molar-refractivity contribution in [2.24, 2.45) is 0 Å². The van der Waals surface area contributed by atoms with E-state index in [0.717, 1.165) is 11.3 Å².